The van der Waals surface area contributed by atoms with Gasteiger partial charge in [-0.2, -0.15) is 13.2 Å². The maximum Gasteiger partial charge on any atom is 0.416 e. The minimum absolute atomic E-state index is 0.0960. The van der Waals surface area contributed by atoms with Crippen molar-refractivity contribution in [2.45, 2.75) is 39.0 Å². The second-order valence-electron chi connectivity index (χ2n) is 9.99. The van der Waals surface area contributed by atoms with Crippen LogP contribution in [-0.2, 0) is 23.9 Å². The van der Waals surface area contributed by atoms with Gasteiger partial charge in [0.15, 0.2) is 0 Å². The van der Waals surface area contributed by atoms with Crippen LogP contribution in [0.1, 0.15) is 42.4 Å². The van der Waals surface area contributed by atoms with E-state index in [1.165, 1.54) is 21.6 Å². The Morgan fingerprint density at radius 2 is 1.72 bits per heavy atom. The van der Waals surface area contributed by atoms with E-state index in [9.17, 15) is 22.8 Å². The summed E-state index contributed by atoms with van der Waals surface area (Å²) in [7, 11) is 0. The van der Waals surface area contributed by atoms with Crippen molar-refractivity contribution in [1.29, 1.82) is 0 Å². The monoisotopic (exact) mass is 586 g/mol. The molecule has 1 unspecified atom stereocenters. The Morgan fingerprint density at radius 1 is 0.977 bits per heavy atom. The van der Waals surface area contributed by atoms with Gasteiger partial charge < -0.3 is 9.64 Å². The molecule has 10 heteroatoms. The van der Waals surface area contributed by atoms with Gasteiger partial charge >= 0.3 is 6.18 Å². The molecule has 0 fully saturated rings. The average molecular weight is 587 g/mol. The molecule has 7 nitrogen and oxygen atoms in total. The fourth-order valence-electron chi connectivity index (χ4n) is 4.94. The fraction of sp³-hybridized carbons (Fsp3) is 0.212. The number of aromatic nitrogens is 3. The van der Waals surface area contributed by atoms with Gasteiger partial charge in [0.1, 0.15) is 11.6 Å². The number of alkyl halides is 3. The minimum atomic E-state index is -4.54. The first-order chi connectivity index (χ1) is 20.7. The van der Waals surface area contributed by atoms with Crippen molar-refractivity contribution in [3.8, 4) is 11.4 Å². The van der Waals surface area contributed by atoms with Crippen LogP contribution in [0.3, 0.4) is 0 Å². The molecule has 2 heterocycles. The zero-order chi connectivity index (χ0) is 30.6. The van der Waals surface area contributed by atoms with E-state index in [0.717, 1.165) is 12.1 Å². The number of ether oxygens (including phenoxy) is 1. The molecule has 5 aromatic rings. The van der Waals surface area contributed by atoms with E-state index in [1.54, 1.807) is 80.0 Å². The van der Waals surface area contributed by atoms with Gasteiger partial charge in [-0.15, -0.1) is 0 Å². The summed E-state index contributed by atoms with van der Waals surface area (Å²) in [5.74, 6) is 0.502. The number of halogens is 3. The predicted molar refractivity (Wildman–Crippen MR) is 157 cm³/mol. The Hall–Kier alpha value is -4.99. The van der Waals surface area contributed by atoms with Gasteiger partial charge in [0, 0.05) is 18.9 Å². The molecule has 0 saturated carbocycles. The molecular weight excluding hydrogens is 557 g/mol. The first-order valence-corrected chi connectivity index (χ1v) is 13.7. The third-order valence-electron chi connectivity index (χ3n) is 7.05. The Morgan fingerprint density at radius 3 is 2.42 bits per heavy atom. The van der Waals surface area contributed by atoms with Crippen molar-refractivity contribution < 1.29 is 22.7 Å². The van der Waals surface area contributed by atoms with E-state index >= 15 is 0 Å². The number of benzene rings is 3. The Kier molecular flexibility index (Phi) is 8.56. The van der Waals surface area contributed by atoms with Crippen LogP contribution in [0.5, 0.6) is 5.75 Å². The summed E-state index contributed by atoms with van der Waals surface area (Å²) in [6, 6.07) is 21.4. The molecule has 1 amide bonds. The maximum absolute atomic E-state index is 13.9. The predicted octanol–water partition coefficient (Wildman–Crippen LogP) is 6.53. The number of rotatable bonds is 9. The van der Waals surface area contributed by atoms with Gasteiger partial charge in [-0.25, -0.2) is 4.98 Å². The van der Waals surface area contributed by atoms with Crippen molar-refractivity contribution >= 4 is 16.8 Å². The van der Waals surface area contributed by atoms with Gasteiger partial charge in [0.2, 0.25) is 5.91 Å². The summed E-state index contributed by atoms with van der Waals surface area (Å²) >= 11 is 0. The van der Waals surface area contributed by atoms with E-state index in [-0.39, 0.29) is 24.1 Å². The highest BCUT2D eigenvalue weighted by atomic mass is 19.4. The molecule has 220 valence electrons. The first kappa shape index (κ1) is 29.5. The van der Waals surface area contributed by atoms with Crippen LogP contribution in [0, 0.1) is 0 Å². The lowest BCUT2D eigenvalue weighted by Crippen LogP contribution is -2.38. The summed E-state index contributed by atoms with van der Waals surface area (Å²) in [6.45, 7) is 4.20. The summed E-state index contributed by atoms with van der Waals surface area (Å²) in [4.78, 5) is 38.3. The van der Waals surface area contributed by atoms with Crippen LogP contribution in [0.15, 0.2) is 102 Å². The number of nitrogens with zero attached hydrogens (tertiary/aromatic N) is 4. The third-order valence-corrected chi connectivity index (χ3v) is 7.05. The molecule has 3 aromatic carbocycles. The van der Waals surface area contributed by atoms with Crippen LogP contribution in [0.25, 0.3) is 16.6 Å². The van der Waals surface area contributed by atoms with Crippen molar-refractivity contribution in [2.75, 3.05) is 6.61 Å². The normalized spacial score (nSPS) is 12.2. The standard InChI is InChI=1S/C33H29F3N4O3/c1-3-43-27-15-13-26(14-16-27)40-31(38-29-12-5-4-11-28(29)32(40)42)22(2)39(21-24-9-7-17-37-20-24)30(41)19-23-8-6-10-25(18-23)33(34,35)36/h4-18,20,22H,3,19,21H2,1-2H3. The molecule has 2 aromatic heterocycles. The second-order valence-corrected chi connectivity index (χ2v) is 9.99. The molecule has 0 saturated heterocycles. The summed E-state index contributed by atoms with van der Waals surface area (Å²) in [5, 5.41) is 0.404. The van der Waals surface area contributed by atoms with E-state index in [4.69, 9.17) is 9.72 Å². The van der Waals surface area contributed by atoms with Crippen LogP contribution in [-0.4, -0.2) is 31.9 Å². The number of amides is 1. The van der Waals surface area contributed by atoms with E-state index in [0.29, 0.717) is 40.3 Å². The molecule has 0 bridgehead atoms. The van der Waals surface area contributed by atoms with Gasteiger partial charge in [0.05, 0.1) is 41.2 Å². The number of hydrogen-bond donors (Lipinski definition) is 0. The summed E-state index contributed by atoms with van der Waals surface area (Å²) in [6.07, 6.45) is -1.60. The number of carbonyl (C=O) groups is 1. The number of para-hydroxylation sites is 1. The lowest BCUT2D eigenvalue weighted by atomic mass is 10.1. The highest BCUT2D eigenvalue weighted by molar-refractivity contribution is 5.80. The molecule has 0 aliphatic carbocycles. The molecule has 0 aliphatic heterocycles. The zero-order valence-corrected chi connectivity index (χ0v) is 23.6. The molecule has 43 heavy (non-hydrogen) atoms. The quantitative estimate of drug-likeness (QED) is 0.196. The minimum Gasteiger partial charge on any atom is -0.494 e. The number of pyridine rings is 1. The molecule has 0 radical (unpaired) electrons. The van der Waals surface area contributed by atoms with Crippen molar-refractivity contribution in [1.82, 2.24) is 19.4 Å². The van der Waals surface area contributed by atoms with E-state index in [2.05, 4.69) is 4.98 Å². The lowest BCUT2D eigenvalue weighted by molar-refractivity contribution is -0.138. The van der Waals surface area contributed by atoms with Gasteiger partial charge in [-0.3, -0.25) is 19.1 Å². The van der Waals surface area contributed by atoms with E-state index < -0.39 is 23.7 Å². The Bertz CT molecular complexity index is 1790. The largest absolute Gasteiger partial charge is 0.494 e. The highest BCUT2D eigenvalue weighted by Crippen LogP contribution is 2.30. The SMILES string of the molecule is CCOc1ccc(-n2c(C(C)N(Cc3cccnc3)C(=O)Cc3cccc(C(F)(F)F)c3)nc3ccccc3c2=O)cc1. The lowest BCUT2D eigenvalue weighted by Gasteiger charge is -2.31. The van der Waals surface area contributed by atoms with Crippen LogP contribution < -0.4 is 10.3 Å². The van der Waals surface area contributed by atoms with Gasteiger partial charge in [-0.05, 0) is 73.5 Å². The number of carbonyl (C=O) groups excluding carboxylic acids is 1. The topological polar surface area (TPSA) is 77.3 Å². The van der Waals surface area contributed by atoms with E-state index in [1.807, 2.05) is 6.92 Å². The van der Waals surface area contributed by atoms with Gasteiger partial charge in [0.25, 0.3) is 5.56 Å². The fourth-order valence-corrected chi connectivity index (χ4v) is 4.94. The van der Waals surface area contributed by atoms with Crippen LogP contribution in [0.4, 0.5) is 13.2 Å². The molecule has 0 aliphatic rings. The molecule has 0 spiro atoms. The Balaban J connectivity index is 1.61. The van der Waals surface area contributed by atoms with Crippen molar-refractivity contribution in [3.05, 3.63) is 130 Å². The zero-order valence-electron chi connectivity index (χ0n) is 23.6. The molecule has 0 N–H and O–H groups in total. The average Bonchev–Trinajstić information content (AvgIpc) is 3.00. The molecular formula is C33H29F3N4O3. The number of hydrogen-bond acceptors (Lipinski definition) is 5. The first-order valence-electron chi connectivity index (χ1n) is 13.7. The molecule has 5 rings (SSSR count). The van der Waals surface area contributed by atoms with Gasteiger partial charge in [-0.1, -0.05) is 36.4 Å². The third kappa shape index (κ3) is 6.58. The molecule has 1 atom stereocenters. The number of fused-ring (bicyclic) bond motifs is 1. The van der Waals surface area contributed by atoms with Crippen LogP contribution >= 0.6 is 0 Å². The Labute approximate surface area is 246 Å². The highest BCUT2D eigenvalue weighted by Gasteiger charge is 2.31. The summed E-state index contributed by atoms with van der Waals surface area (Å²) < 4.78 is 47.2. The maximum atomic E-state index is 13.9. The van der Waals surface area contributed by atoms with Crippen LogP contribution in [0.2, 0.25) is 0 Å². The smallest absolute Gasteiger partial charge is 0.416 e. The second kappa shape index (κ2) is 12.5. The van der Waals surface area contributed by atoms with Crippen molar-refractivity contribution in [3.63, 3.8) is 0 Å². The van der Waals surface area contributed by atoms with Crippen molar-refractivity contribution in [2.24, 2.45) is 0 Å². The summed E-state index contributed by atoms with van der Waals surface area (Å²) in [5.41, 5.74) is 0.776.